The van der Waals surface area contributed by atoms with E-state index < -0.39 is 4.92 Å². The first-order valence-electron chi connectivity index (χ1n) is 5.65. The number of nitrogens with zero attached hydrogens (tertiary/aromatic N) is 2. The van der Waals surface area contributed by atoms with Gasteiger partial charge >= 0.3 is 0 Å². The van der Waals surface area contributed by atoms with Crippen molar-refractivity contribution in [3.63, 3.8) is 0 Å². The molecule has 0 heterocycles. The van der Waals surface area contributed by atoms with Crippen LogP contribution in [0.5, 0.6) is 11.5 Å². The van der Waals surface area contributed by atoms with Crippen LogP contribution in [-0.4, -0.2) is 4.92 Å². The maximum atomic E-state index is 10.7. The summed E-state index contributed by atoms with van der Waals surface area (Å²) in [6, 6.07) is 13.1. The third kappa shape index (κ3) is 3.13. The molecule has 5 nitrogen and oxygen atoms in total. The van der Waals surface area contributed by atoms with Crippen molar-refractivity contribution < 1.29 is 9.66 Å². The summed E-state index contributed by atoms with van der Waals surface area (Å²) in [6.07, 6.45) is 0. The highest BCUT2D eigenvalue weighted by Crippen LogP contribution is 2.30. The first kappa shape index (κ1) is 14.0. The van der Waals surface area contributed by atoms with E-state index in [9.17, 15) is 10.1 Å². The van der Waals surface area contributed by atoms with Gasteiger partial charge in [-0.15, -0.1) is 0 Å². The van der Waals surface area contributed by atoms with Gasteiger partial charge in [0.25, 0.3) is 5.69 Å². The number of benzene rings is 2. The monoisotopic (exact) mass is 332 g/mol. The molecule has 0 N–H and O–H groups in total. The van der Waals surface area contributed by atoms with Gasteiger partial charge in [-0.2, -0.15) is 5.26 Å². The van der Waals surface area contributed by atoms with Gasteiger partial charge in [-0.05, 0) is 30.3 Å². The van der Waals surface area contributed by atoms with Crippen molar-refractivity contribution in [2.75, 3.05) is 0 Å². The summed E-state index contributed by atoms with van der Waals surface area (Å²) in [5, 5.41) is 19.9. The molecule has 0 aromatic heterocycles. The molecular weight excluding hydrogens is 324 g/mol. The minimum absolute atomic E-state index is 0.0200. The van der Waals surface area contributed by atoms with Crippen LogP contribution in [0.2, 0.25) is 0 Å². The van der Waals surface area contributed by atoms with Crippen molar-refractivity contribution in [2.45, 2.75) is 5.33 Å². The highest BCUT2D eigenvalue weighted by molar-refractivity contribution is 9.08. The lowest BCUT2D eigenvalue weighted by atomic mass is 10.2. The van der Waals surface area contributed by atoms with E-state index in [0.29, 0.717) is 28.0 Å². The third-order valence-electron chi connectivity index (χ3n) is 2.61. The molecular formula is C14H9BrN2O3. The van der Waals surface area contributed by atoms with Gasteiger partial charge in [0, 0.05) is 23.0 Å². The minimum Gasteiger partial charge on any atom is -0.457 e. The van der Waals surface area contributed by atoms with Crippen LogP contribution < -0.4 is 4.74 Å². The van der Waals surface area contributed by atoms with E-state index in [1.165, 1.54) is 12.1 Å². The Kier molecular flexibility index (Phi) is 4.33. The lowest BCUT2D eigenvalue weighted by Gasteiger charge is -2.09. The van der Waals surface area contributed by atoms with E-state index >= 15 is 0 Å². The van der Waals surface area contributed by atoms with E-state index in [1.807, 2.05) is 6.07 Å². The van der Waals surface area contributed by atoms with Gasteiger partial charge in [0.15, 0.2) is 0 Å². The summed E-state index contributed by atoms with van der Waals surface area (Å²) in [6.45, 7) is 0. The third-order valence-corrected chi connectivity index (χ3v) is 3.21. The summed E-state index contributed by atoms with van der Waals surface area (Å²) in [7, 11) is 0. The molecule has 0 atom stereocenters. The maximum Gasteiger partial charge on any atom is 0.270 e. The topological polar surface area (TPSA) is 76.2 Å². The average molecular weight is 333 g/mol. The molecule has 0 saturated carbocycles. The number of ether oxygens (including phenoxy) is 1. The zero-order valence-electron chi connectivity index (χ0n) is 10.2. The number of hydrogen-bond donors (Lipinski definition) is 0. The molecule has 0 unspecified atom stereocenters. The average Bonchev–Trinajstić information content (AvgIpc) is 2.48. The molecule has 20 heavy (non-hydrogen) atoms. The van der Waals surface area contributed by atoms with Crippen LogP contribution in [0.4, 0.5) is 5.69 Å². The van der Waals surface area contributed by atoms with E-state index in [-0.39, 0.29) is 5.69 Å². The number of nitriles is 1. The fourth-order valence-electron chi connectivity index (χ4n) is 1.61. The lowest BCUT2D eigenvalue weighted by molar-refractivity contribution is -0.384. The smallest absolute Gasteiger partial charge is 0.270 e. The molecule has 2 aromatic rings. The van der Waals surface area contributed by atoms with Crippen LogP contribution in [0.25, 0.3) is 0 Å². The molecule has 2 aromatic carbocycles. The minimum atomic E-state index is -0.447. The second-order valence-corrected chi connectivity index (χ2v) is 4.48. The largest absolute Gasteiger partial charge is 0.457 e. The van der Waals surface area contributed by atoms with Gasteiger partial charge in [0.05, 0.1) is 16.6 Å². The Hall–Kier alpha value is -2.39. The SMILES string of the molecule is N#Cc1ccc(Oc2ccc([N+](=O)[O-])cc2CBr)cc1. The number of nitro groups is 1. The summed E-state index contributed by atoms with van der Waals surface area (Å²) in [5.41, 5.74) is 1.25. The quantitative estimate of drug-likeness (QED) is 0.478. The Balaban J connectivity index is 2.28. The summed E-state index contributed by atoms with van der Waals surface area (Å²) in [5.74, 6) is 1.11. The van der Waals surface area contributed by atoms with Crippen LogP contribution in [0.3, 0.4) is 0 Å². The van der Waals surface area contributed by atoms with Crippen molar-refractivity contribution in [2.24, 2.45) is 0 Å². The highest BCUT2D eigenvalue weighted by Gasteiger charge is 2.11. The Labute approximate surface area is 123 Å². The number of alkyl halides is 1. The van der Waals surface area contributed by atoms with Crippen molar-refractivity contribution in [3.8, 4) is 17.6 Å². The highest BCUT2D eigenvalue weighted by atomic mass is 79.9. The number of non-ortho nitro benzene ring substituents is 1. The number of nitro benzene ring substituents is 1. The molecule has 2 rings (SSSR count). The van der Waals surface area contributed by atoms with E-state index in [1.54, 1.807) is 30.3 Å². The van der Waals surface area contributed by atoms with E-state index in [4.69, 9.17) is 10.00 Å². The molecule has 0 amide bonds. The number of rotatable bonds is 4. The van der Waals surface area contributed by atoms with E-state index in [2.05, 4.69) is 15.9 Å². The first-order chi connectivity index (χ1) is 9.63. The summed E-state index contributed by atoms with van der Waals surface area (Å²) >= 11 is 3.28. The zero-order chi connectivity index (χ0) is 14.5. The normalized spacial score (nSPS) is 9.80. The second-order valence-electron chi connectivity index (χ2n) is 3.92. The Bertz CT molecular complexity index is 678. The predicted molar refractivity (Wildman–Crippen MR) is 77.0 cm³/mol. The molecule has 0 saturated heterocycles. The molecule has 0 bridgehead atoms. The molecule has 0 aliphatic rings. The van der Waals surface area contributed by atoms with Crippen LogP contribution in [0.15, 0.2) is 42.5 Å². The predicted octanol–water partition coefficient (Wildman–Crippen LogP) is 4.15. The summed E-state index contributed by atoms with van der Waals surface area (Å²) < 4.78 is 5.67. The Morgan fingerprint density at radius 2 is 1.95 bits per heavy atom. The van der Waals surface area contributed by atoms with Gasteiger partial charge in [-0.3, -0.25) is 10.1 Å². The molecule has 0 aliphatic carbocycles. The van der Waals surface area contributed by atoms with Gasteiger partial charge in [-0.1, -0.05) is 15.9 Å². The molecule has 0 spiro atoms. The fourth-order valence-corrected chi connectivity index (χ4v) is 2.05. The Morgan fingerprint density at radius 3 is 2.50 bits per heavy atom. The number of hydrogen-bond acceptors (Lipinski definition) is 4. The van der Waals surface area contributed by atoms with Gasteiger partial charge < -0.3 is 4.74 Å². The zero-order valence-corrected chi connectivity index (χ0v) is 11.8. The summed E-state index contributed by atoms with van der Waals surface area (Å²) in [4.78, 5) is 10.3. The van der Waals surface area contributed by atoms with E-state index in [0.717, 1.165) is 0 Å². The first-order valence-corrected chi connectivity index (χ1v) is 6.77. The van der Waals surface area contributed by atoms with Gasteiger partial charge in [0.1, 0.15) is 11.5 Å². The lowest BCUT2D eigenvalue weighted by Crippen LogP contribution is -1.93. The molecule has 6 heteroatoms. The van der Waals surface area contributed by atoms with Crippen LogP contribution in [0.1, 0.15) is 11.1 Å². The van der Waals surface area contributed by atoms with Crippen molar-refractivity contribution in [1.82, 2.24) is 0 Å². The number of halogens is 1. The van der Waals surface area contributed by atoms with Crippen molar-refractivity contribution in [3.05, 3.63) is 63.7 Å². The molecule has 0 radical (unpaired) electrons. The van der Waals surface area contributed by atoms with Gasteiger partial charge in [0.2, 0.25) is 0 Å². The van der Waals surface area contributed by atoms with Crippen molar-refractivity contribution >= 4 is 21.6 Å². The molecule has 0 fully saturated rings. The van der Waals surface area contributed by atoms with Crippen LogP contribution in [-0.2, 0) is 5.33 Å². The Morgan fingerprint density at radius 1 is 1.25 bits per heavy atom. The van der Waals surface area contributed by atoms with Crippen molar-refractivity contribution in [1.29, 1.82) is 5.26 Å². The van der Waals surface area contributed by atoms with Gasteiger partial charge in [-0.25, -0.2) is 0 Å². The fraction of sp³-hybridized carbons (Fsp3) is 0.0714. The van der Waals surface area contributed by atoms with Crippen LogP contribution in [0, 0.1) is 21.4 Å². The van der Waals surface area contributed by atoms with Crippen LogP contribution >= 0.6 is 15.9 Å². The maximum absolute atomic E-state index is 10.7. The standard InChI is InChI=1S/C14H9BrN2O3/c15-8-11-7-12(17(18)19)3-6-14(11)20-13-4-1-10(9-16)2-5-13/h1-7H,8H2. The second kappa shape index (κ2) is 6.17. The molecule has 0 aliphatic heterocycles. The molecule has 100 valence electrons.